The molecule has 0 heterocycles. The van der Waals surface area contributed by atoms with Crippen LogP contribution >= 0.6 is 0 Å². The highest BCUT2D eigenvalue weighted by molar-refractivity contribution is 4.98. The van der Waals surface area contributed by atoms with Gasteiger partial charge in [0.2, 0.25) is 0 Å². The molecule has 0 saturated carbocycles. The van der Waals surface area contributed by atoms with E-state index in [0.717, 1.165) is 0 Å². The largest absolute Gasteiger partial charge is 0.0911 e. The predicted octanol–water partition coefficient (Wildman–Crippen LogP) is 3.41. The Hall–Kier alpha value is -0.520. The monoisotopic (exact) mass is 138 g/mol. The summed E-state index contributed by atoms with van der Waals surface area (Å²) in [4.78, 5) is 0. The molecule has 0 rings (SSSR count). The lowest BCUT2D eigenvalue weighted by Crippen LogP contribution is -1.84. The van der Waals surface area contributed by atoms with E-state index in [9.17, 15) is 0 Å². The standard InChI is InChI=1S/C10H18/c1-5-6-10(4)8-7-9(2)3/h5-10H,1-4H3/b6-5-,8-7-. The van der Waals surface area contributed by atoms with E-state index in [0.29, 0.717) is 11.8 Å². The molecule has 0 bridgehead atoms. The van der Waals surface area contributed by atoms with Crippen LogP contribution in [0.2, 0.25) is 0 Å². The van der Waals surface area contributed by atoms with Crippen molar-refractivity contribution in [2.45, 2.75) is 27.7 Å². The van der Waals surface area contributed by atoms with E-state index in [1.807, 2.05) is 0 Å². The van der Waals surface area contributed by atoms with Gasteiger partial charge in [0, 0.05) is 0 Å². The van der Waals surface area contributed by atoms with E-state index >= 15 is 0 Å². The average Bonchev–Trinajstić information content (AvgIpc) is 1.85. The molecule has 0 spiro atoms. The summed E-state index contributed by atoms with van der Waals surface area (Å²) in [7, 11) is 0. The van der Waals surface area contributed by atoms with Crippen LogP contribution < -0.4 is 0 Å². The van der Waals surface area contributed by atoms with Crippen molar-refractivity contribution in [1.82, 2.24) is 0 Å². The van der Waals surface area contributed by atoms with E-state index in [1.54, 1.807) is 0 Å². The van der Waals surface area contributed by atoms with Crippen molar-refractivity contribution in [1.29, 1.82) is 0 Å². The first kappa shape index (κ1) is 9.48. The van der Waals surface area contributed by atoms with Gasteiger partial charge in [0.25, 0.3) is 0 Å². The second-order valence-corrected chi connectivity index (χ2v) is 3.01. The van der Waals surface area contributed by atoms with Crippen LogP contribution in [-0.4, -0.2) is 0 Å². The molecule has 10 heavy (non-hydrogen) atoms. The van der Waals surface area contributed by atoms with Crippen molar-refractivity contribution >= 4 is 0 Å². The van der Waals surface area contributed by atoms with Gasteiger partial charge in [-0.15, -0.1) is 0 Å². The first-order chi connectivity index (χ1) is 4.66. The summed E-state index contributed by atoms with van der Waals surface area (Å²) in [5, 5.41) is 0. The lowest BCUT2D eigenvalue weighted by Gasteiger charge is -1.98. The number of hydrogen-bond donors (Lipinski definition) is 0. The molecule has 1 unspecified atom stereocenters. The highest BCUT2D eigenvalue weighted by Crippen LogP contribution is 2.02. The Kier molecular flexibility index (Phi) is 5.00. The first-order valence-electron chi connectivity index (χ1n) is 3.98. The van der Waals surface area contributed by atoms with Crippen LogP contribution in [0.4, 0.5) is 0 Å². The second kappa shape index (κ2) is 5.28. The first-order valence-corrected chi connectivity index (χ1v) is 3.98. The molecule has 0 aromatic rings. The Labute approximate surface area is 64.6 Å². The van der Waals surface area contributed by atoms with Crippen molar-refractivity contribution in [2.24, 2.45) is 11.8 Å². The predicted molar refractivity (Wildman–Crippen MR) is 48.0 cm³/mol. The molecule has 58 valence electrons. The maximum atomic E-state index is 2.24. The van der Waals surface area contributed by atoms with Gasteiger partial charge in [-0.1, -0.05) is 45.1 Å². The van der Waals surface area contributed by atoms with E-state index in [-0.39, 0.29) is 0 Å². The van der Waals surface area contributed by atoms with E-state index in [1.165, 1.54) is 0 Å². The van der Waals surface area contributed by atoms with Crippen LogP contribution in [0.25, 0.3) is 0 Å². The maximum absolute atomic E-state index is 2.24. The smallest absolute Gasteiger partial charge is 0.00819 e. The third kappa shape index (κ3) is 5.61. The summed E-state index contributed by atoms with van der Waals surface area (Å²) < 4.78 is 0. The number of allylic oxidation sites excluding steroid dienone is 4. The Bertz CT molecular complexity index is 118. The van der Waals surface area contributed by atoms with Crippen molar-refractivity contribution < 1.29 is 0 Å². The van der Waals surface area contributed by atoms with Gasteiger partial charge in [0.1, 0.15) is 0 Å². The zero-order chi connectivity index (χ0) is 7.98. The van der Waals surface area contributed by atoms with Crippen LogP contribution in [0, 0.1) is 11.8 Å². The quantitative estimate of drug-likeness (QED) is 0.524. The Balaban J connectivity index is 3.66. The number of hydrogen-bond acceptors (Lipinski definition) is 0. The molecular formula is C10H18. The van der Waals surface area contributed by atoms with Gasteiger partial charge < -0.3 is 0 Å². The molecule has 0 heteroatoms. The molecule has 0 aliphatic heterocycles. The van der Waals surface area contributed by atoms with Crippen LogP contribution in [0.3, 0.4) is 0 Å². The van der Waals surface area contributed by atoms with Crippen molar-refractivity contribution in [3.8, 4) is 0 Å². The molecule has 0 aromatic heterocycles. The fourth-order valence-electron chi connectivity index (χ4n) is 0.765. The lowest BCUT2D eigenvalue weighted by molar-refractivity contribution is 0.810. The van der Waals surface area contributed by atoms with Gasteiger partial charge in [0.15, 0.2) is 0 Å². The van der Waals surface area contributed by atoms with E-state index in [2.05, 4.69) is 52.0 Å². The van der Waals surface area contributed by atoms with Gasteiger partial charge in [-0.3, -0.25) is 0 Å². The molecule has 0 saturated heterocycles. The van der Waals surface area contributed by atoms with Gasteiger partial charge >= 0.3 is 0 Å². The minimum absolute atomic E-state index is 0.590. The van der Waals surface area contributed by atoms with E-state index in [4.69, 9.17) is 0 Å². The summed E-state index contributed by atoms with van der Waals surface area (Å²) in [6.45, 7) is 8.64. The molecule has 0 amide bonds. The molecule has 0 N–H and O–H groups in total. The highest BCUT2D eigenvalue weighted by Gasteiger charge is 1.88. The molecule has 0 nitrogen and oxygen atoms in total. The number of rotatable bonds is 3. The molecule has 0 radical (unpaired) electrons. The van der Waals surface area contributed by atoms with Crippen LogP contribution in [0.5, 0.6) is 0 Å². The van der Waals surface area contributed by atoms with Gasteiger partial charge in [-0.05, 0) is 18.8 Å². The van der Waals surface area contributed by atoms with Crippen molar-refractivity contribution in [3.05, 3.63) is 24.3 Å². The second-order valence-electron chi connectivity index (χ2n) is 3.01. The summed E-state index contributed by atoms with van der Waals surface area (Å²) in [6.07, 6.45) is 8.77. The highest BCUT2D eigenvalue weighted by atomic mass is 13.9. The lowest BCUT2D eigenvalue weighted by atomic mass is 10.1. The van der Waals surface area contributed by atoms with Crippen LogP contribution in [0.1, 0.15) is 27.7 Å². The maximum Gasteiger partial charge on any atom is -0.00819 e. The topological polar surface area (TPSA) is 0 Å². The summed E-state index contributed by atoms with van der Waals surface area (Å²) in [6, 6.07) is 0. The average molecular weight is 138 g/mol. The van der Waals surface area contributed by atoms with Gasteiger partial charge in [0.05, 0.1) is 0 Å². The molecule has 0 aliphatic rings. The molecular weight excluding hydrogens is 120 g/mol. The van der Waals surface area contributed by atoms with Gasteiger partial charge in [-0.25, -0.2) is 0 Å². The molecule has 0 aromatic carbocycles. The molecule has 0 aliphatic carbocycles. The third-order valence-corrected chi connectivity index (χ3v) is 1.30. The van der Waals surface area contributed by atoms with Crippen molar-refractivity contribution in [3.63, 3.8) is 0 Å². The minimum atomic E-state index is 0.590. The summed E-state index contributed by atoms with van der Waals surface area (Å²) in [5.74, 6) is 1.26. The normalized spacial score (nSPS) is 15.7. The summed E-state index contributed by atoms with van der Waals surface area (Å²) >= 11 is 0. The van der Waals surface area contributed by atoms with Gasteiger partial charge in [-0.2, -0.15) is 0 Å². The fourth-order valence-corrected chi connectivity index (χ4v) is 0.765. The SMILES string of the molecule is C/C=C\C(C)/C=C\C(C)C. The molecule has 0 fully saturated rings. The Morgan fingerprint density at radius 3 is 1.90 bits per heavy atom. The third-order valence-electron chi connectivity index (χ3n) is 1.30. The molecule has 1 atom stereocenters. The minimum Gasteiger partial charge on any atom is -0.0911 e. The van der Waals surface area contributed by atoms with Crippen molar-refractivity contribution in [2.75, 3.05) is 0 Å². The van der Waals surface area contributed by atoms with Crippen LogP contribution in [-0.2, 0) is 0 Å². The zero-order valence-corrected chi connectivity index (χ0v) is 7.46. The van der Waals surface area contributed by atoms with Crippen LogP contribution in [0.15, 0.2) is 24.3 Å². The Morgan fingerprint density at radius 2 is 1.50 bits per heavy atom. The Morgan fingerprint density at radius 1 is 0.900 bits per heavy atom. The fraction of sp³-hybridized carbons (Fsp3) is 0.600. The van der Waals surface area contributed by atoms with E-state index < -0.39 is 0 Å². The summed E-state index contributed by atoms with van der Waals surface area (Å²) in [5.41, 5.74) is 0. The zero-order valence-electron chi connectivity index (χ0n) is 7.46.